The molecule has 1 fully saturated rings. The molecule has 3 nitrogen and oxygen atoms in total. The Labute approximate surface area is 110 Å². The predicted molar refractivity (Wildman–Crippen MR) is 74.7 cm³/mol. The maximum Gasteiger partial charge on any atom is 0.0992 e. The molecular weight excluding hydrogens is 222 g/mol. The lowest BCUT2D eigenvalue weighted by Gasteiger charge is -2.43. The molecule has 1 aliphatic heterocycles. The highest BCUT2D eigenvalue weighted by molar-refractivity contribution is 5.51. The van der Waals surface area contributed by atoms with Gasteiger partial charge in [-0.25, -0.2) is 0 Å². The van der Waals surface area contributed by atoms with Crippen LogP contribution in [0.3, 0.4) is 0 Å². The largest absolute Gasteiger partial charge is 0.369 e. The molecule has 0 aromatic heterocycles. The third-order valence-corrected chi connectivity index (χ3v) is 3.57. The van der Waals surface area contributed by atoms with Crippen molar-refractivity contribution < 1.29 is 0 Å². The minimum Gasteiger partial charge on any atom is -0.369 e. The van der Waals surface area contributed by atoms with Gasteiger partial charge in [0.25, 0.3) is 0 Å². The molecule has 1 aromatic carbocycles. The number of hydrogen-bond acceptors (Lipinski definition) is 3. The van der Waals surface area contributed by atoms with Gasteiger partial charge in [0, 0.05) is 37.4 Å². The van der Waals surface area contributed by atoms with Crippen molar-refractivity contribution in [1.29, 1.82) is 5.26 Å². The van der Waals surface area contributed by atoms with Crippen molar-refractivity contribution in [3.8, 4) is 6.07 Å². The molecule has 1 aromatic rings. The van der Waals surface area contributed by atoms with Gasteiger partial charge in [-0.05, 0) is 39.0 Å². The fraction of sp³-hybridized carbons (Fsp3) is 0.533. The van der Waals surface area contributed by atoms with Crippen LogP contribution in [0.15, 0.2) is 24.3 Å². The fourth-order valence-corrected chi connectivity index (χ4v) is 2.41. The molecule has 0 spiro atoms. The maximum absolute atomic E-state index is 8.93. The lowest BCUT2D eigenvalue weighted by atomic mass is 10.0. The second-order valence-electron chi connectivity index (χ2n) is 5.81. The van der Waals surface area contributed by atoms with Crippen LogP contribution in [0.5, 0.6) is 0 Å². The van der Waals surface area contributed by atoms with E-state index in [2.05, 4.69) is 42.7 Å². The molecule has 1 saturated heterocycles. The van der Waals surface area contributed by atoms with Gasteiger partial charge in [-0.3, -0.25) is 4.90 Å². The van der Waals surface area contributed by atoms with Crippen molar-refractivity contribution in [3.05, 3.63) is 29.8 Å². The van der Waals surface area contributed by atoms with Gasteiger partial charge >= 0.3 is 0 Å². The molecule has 18 heavy (non-hydrogen) atoms. The Morgan fingerprint density at radius 3 is 2.33 bits per heavy atom. The maximum atomic E-state index is 8.93. The monoisotopic (exact) mass is 243 g/mol. The molecule has 0 saturated carbocycles. The van der Waals surface area contributed by atoms with Crippen LogP contribution < -0.4 is 4.90 Å². The summed E-state index contributed by atoms with van der Waals surface area (Å²) >= 11 is 0. The zero-order valence-electron chi connectivity index (χ0n) is 11.5. The summed E-state index contributed by atoms with van der Waals surface area (Å²) in [5, 5.41) is 8.93. The summed E-state index contributed by atoms with van der Waals surface area (Å²) in [5.41, 5.74) is 2.16. The highest BCUT2D eigenvalue weighted by Crippen LogP contribution is 2.21. The molecule has 1 aliphatic rings. The van der Waals surface area contributed by atoms with Crippen molar-refractivity contribution in [2.24, 2.45) is 0 Å². The minimum atomic E-state index is 0.251. The third kappa shape index (κ3) is 2.83. The van der Waals surface area contributed by atoms with Gasteiger partial charge in [0.05, 0.1) is 11.6 Å². The molecule has 96 valence electrons. The summed E-state index contributed by atoms with van der Waals surface area (Å²) in [6.45, 7) is 11.0. The number of piperazine rings is 1. The average Bonchev–Trinajstić information content (AvgIpc) is 2.38. The van der Waals surface area contributed by atoms with E-state index in [9.17, 15) is 0 Å². The third-order valence-electron chi connectivity index (χ3n) is 3.57. The Hall–Kier alpha value is -1.53. The first kappa shape index (κ1) is 12.9. The van der Waals surface area contributed by atoms with E-state index in [1.807, 2.05) is 18.2 Å². The molecule has 0 radical (unpaired) electrons. The second-order valence-corrected chi connectivity index (χ2v) is 5.81. The Balaban J connectivity index is 2.04. The zero-order chi connectivity index (χ0) is 13.2. The first-order chi connectivity index (χ1) is 8.50. The van der Waals surface area contributed by atoms with Gasteiger partial charge in [0.2, 0.25) is 0 Å². The molecule has 2 rings (SSSR count). The molecule has 0 unspecified atom stereocenters. The lowest BCUT2D eigenvalue weighted by Crippen LogP contribution is -2.53. The average molecular weight is 243 g/mol. The van der Waals surface area contributed by atoms with Gasteiger partial charge in [-0.15, -0.1) is 0 Å². The quantitative estimate of drug-likeness (QED) is 0.759. The van der Waals surface area contributed by atoms with E-state index >= 15 is 0 Å². The minimum absolute atomic E-state index is 0.251. The van der Waals surface area contributed by atoms with E-state index in [-0.39, 0.29) is 5.54 Å². The molecule has 0 N–H and O–H groups in total. The smallest absolute Gasteiger partial charge is 0.0992 e. The molecule has 3 heteroatoms. The topological polar surface area (TPSA) is 30.3 Å². The standard InChI is InChI=1S/C15H21N3/c1-15(2,3)18-9-7-17(8-10-18)14-6-4-5-13(11-14)12-16/h4-6,11H,7-10H2,1-3H3. The van der Waals surface area contributed by atoms with Crippen LogP contribution in [-0.2, 0) is 0 Å². The molecule has 0 atom stereocenters. The van der Waals surface area contributed by atoms with Crippen LogP contribution in [0, 0.1) is 11.3 Å². The molecule has 1 heterocycles. The summed E-state index contributed by atoms with van der Waals surface area (Å²) in [7, 11) is 0. The summed E-state index contributed by atoms with van der Waals surface area (Å²) in [6, 6.07) is 10.1. The van der Waals surface area contributed by atoms with Crippen LogP contribution in [0.4, 0.5) is 5.69 Å². The van der Waals surface area contributed by atoms with Gasteiger partial charge in [0.1, 0.15) is 0 Å². The Bertz CT molecular complexity index is 446. The number of rotatable bonds is 1. The van der Waals surface area contributed by atoms with Gasteiger partial charge in [-0.2, -0.15) is 5.26 Å². The molecule has 0 aliphatic carbocycles. The number of nitrogens with zero attached hydrogens (tertiary/aromatic N) is 3. The summed E-state index contributed by atoms with van der Waals surface area (Å²) in [4.78, 5) is 4.88. The van der Waals surface area contributed by atoms with E-state index in [4.69, 9.17) is 5.26 Å². The van der Waals surface area contributed by atoms with Crippen LogP contribution in [0.2, 0.25) is 0 Å². The first-order valence-electron chi connectivity index (χ1n) is 6.51. The highest BCUT2D eigenvalue weighted by atomic mass is 15.3. The lowest BCUT2D eigenvalue weighted by molar-refractivity contribution is 0.128. The SMILES string of the molecule is CC(C)(C)N1CCN(c2cccc(C#N)c2)CC1. The summed E-state index contributed by atoms with van der Waals surface area (Å²) < 4.78 is 0. The first-order valence-corrected chi connectivity index (χ1v) is 6.51. The van der Waals surface area contributed by atoms with Crippen molar-refractivity contribution in [2.45, 2.75) is 26.3 Å². The van der Waals surface area contributed by atoms with E-state index in [1.54, 1.807) is 0 Å². The Morgan fingerprint density at radius 2 is 1.78 bits per heavy atom. The highest BCUT2D eigenvalue weighted by Gasteiger charge is 2.25. The summed E-state index contributed by atoms with van der Waals surface area (Å²) in [6.07, 6.45) is 0. The number of benzene rings is 1. The van der Waals surface area contributed by atoms with E-state index in [0.29, 0.717) is 0 Å². The van der Waals surface area contributed by atoms with E-state index in [1.165, 1.54) is 5.69 Å². The second kappa shape index (κ2) is 4.99. The van der Waals surface area contributed by atoms with Gasteiger partial charge in [-0.1, -0.05) is 6.07 Å². The van der Waals surface area contributed by atoms with Crippen LogP contribution >= 0.6 is 0 Å². The van der Waals surface area contributed by atoms with Gasteiger partial charge in [0.15, 0.2) is 0 Å². The van der Waals surface area contributed by atoms with Crippen LogP contribution in [-0.4, -0.2) is 36.6 Å². The van der Waals surface area contributed by atoms with Gasteiger partial charge < -0.3 is 4.90 Å². The fourth-order valence-electron chi connectivity index (χ4n) is 2.41. The molecule has 0 bridgehead atoms. The predicted octanol–water partition coefficient (Wildman–Crippen LogP) is 2.48. The number of hydrogen-bond donors (Lipinski definition) is 0. The molecular formula is C15H21N3. The van der Waals surface area contributed by atoms with Crippen molar-refractivity contribution in [1.82, 2.24) is 4.90 Å². The van der Waals surface area contributed by atoms with E-state index < -0.39 is 0 Å². The number of anilines is 1. The number of nitriles is 1. The zero-order valence-corrected chi connectivity index (χ0v) is 11.5. The normalized spacial score (nSPS) is 17.6. The van der Waals surface area contributed by atoms with Crippen molar-refractivity contribution in [2.75, 3.05) is 31.1 Å². The molecule has 0 amide bonds. The summed E-state index contributed by atoms with van der Waals surface area (Å²) in [5.74, 6) is 0. The van der Waals surface area contributed by atoms with Crippen molar-refractivity contribution >= 4 is 5.69 Å². The van der Waals surface area contributed by atoms with E-state index in [0.717, 1.165) is 31.7 Å². The van der Waals surface area contributed by atoms with Crippen LogP contribution in [0.25, 0.3) is 0 Å². The van der Waals surface area contributed by atoms with Crippen LogP contribution in [0.1, 0.15) is 26.3 Å². The Morgan fingerprint density at radius 1 is 1.11 bits per heavy atom. The van der Waals surface area contributed by atoms with Crippen molar-refractivity contribution in [3.63, 3.8) is 0 Å². The Kier molecular flexibility index (Phi) is 3.58.